The van der Waals surface area contributed by atoms with Crippen LogP contribution in [0.4, 0.5) is 0 Å². The van der Waals surface area contributed by atoms with Crippen molar-refractivity contribution in [2.45, 2.75) is 5.75 Å². The summed E-state index contributed by atoms with van der Waals surface area (Å²) < 4.78 is 11.0. The first-order valence-electron chi connectivity index (χ1n) is 3.36. The molecule has 0 aliphatic heterocycles. The van der Waals surface area contributed by atoms with Gasteiger partial charge in [0.05, 0.1) is 5.75 Å². The summed E-state index contributed by atoms with van der Waals surface area (Å²) in [5, 5.41) is 11.0. The van der Waals surface area contributed by atoms with E-state index in [9.17, 15) is 9.77 Å². The Hall–Kier alpha value is -0.550. The molecule has 0 saturated heterocycles. The number of rotatable bonds is 3. The average molecular weight is 221 g/mol. The van der Waals surface area contributed by atoms with Crippen molar-refractivity contribution in [1.29, 1.82) is 0 Å². The van der Waals surface area contributed by atoms with Crippen molar-refractivity contribution in [1.82, 2.24) is 0 Å². The summed E-state index contributed by atoms with van der Waals surface area (Å²) in [6, 6.07) is 4.72. The second-order valence-corrected chi connectivity index (χ2v) is 6.01. The zero-order chi connectivity index (χ0) is 9.90. The fraction of sp³-hybridized carbons (Fsp3) is 0.167. The topological polar surface area (TPSA) is 84.5 Å². The van der Waals surface area contributed by atoms with Gasteiger partial charge in [0.2, 0.25) is 5.69 Å². The van der Waals surface area contributed by atoms with Gasteiger partial charge in [-0.15, -0.1) is 0 Å². The lowest BCUT2D eigenvalue weighted by Gasteiger charge is -2.03. The van der Waals surface area contributed by atoms with Crippen LogP contribution in [0.5, 0.6) is 0 Å². The highest BCUT2D eigenvalue weighted by atomic mass is 32.7. The van der Waals surface area contributed by atoms with Crippen LogP contribution in [0.25, 0.3) is 0 Å². The molecule has 2 N–H and O–H groups in total. The predicted molar refractivity (Wildman–Crippen MR) is 48.7 cm³/mol. The van der Waals surface area contributed by atoms with Crippen LogP contribution in [0.3, 0.4) is 0 Å². The van der Waals surface area contributed by atoms with Crippen molar-refractivity contribution < 1.29 is 19.1 Å². The number of hydrogen-bond acceptors (Lipinski definition) is 3. The van der Waals surface area contributed by atoms with Crippen LogP contribution in [0, 0.1) is 5.21 Å². The van der Waals surface area contributed by atoms with Gasteiger partial charge >= 0.3 is 6.80 Å². The largest absolute Gasteiger partial charge is 0.618 e. The van der Waals surface area contributed by atoms with Crippen LogP contribution in [-0.4, -0.2) is 9.79 Å². The molecule has 0 unspecified atom stereocenters. The normalized spacial score (nSPS) is 11.5. The summed E-state index contributed by atoms with van der Waals surface area (Å²) in [4.78, 5) is 17.1. The lowest BCUT2D eigenvalue weighted by Crippen LogP contribution is -2.30. The van der Waals surface area contributed by atoms with Crippen LogP contribution >= 0.6 is 18.2 Å². The summed E-state index contributed by atoms with van der Waals surface area (Å²) in [6.45, 7) is -4.09. The van der Waals surface area contributed by atoms with E-state index >= 15 is 0 Å². The van der Waals surface area contributed by atoms with E-state index < -0.39 is 6.80 Å². The van der Waals surface area contributed by atoms with Gasteiger partial charge in [-0.2, -0.15) is 4.73 Å². The lowest BCUT2D eigenvalue weighted by atomic mass is 10.4. The third kappa shape index (κ3) is 3.78. The van der Waals surface area contributed by atoms with E-state index in [2.05, 4.69) is 0 Å². The van der Waals surface area contributed by atoms with Crippen molar-refractivity contribution in [3.05, 3.63) is 35.3 Å². The van der Waals surface area contributed by atoms with Gasteiger partial charge in [-0.1, -0.05) is 0 Å². The first-order chi connectivity index (χ1) is 5.99. The Kier molecular flexibility index (Phi) is 3.33. The molecule has 0 aliphatic rings. The minimum absolute atomic E-state index is 0.00855. The van der Waals surface area contributed by atoms with E-state index in [0.29, 0.717) is 21.8 Å². The highest BCUT2D eigenvalue weighted by Gasteiger charge is 2.16. The second kappa shape index (κ2) is 4.11. The Labute approximate surface area is 78.9 Å². The molecule has 0 bridgehead atoms. The molecule has 0 spiro atoms. The molecule has 7 heteroatoms. The number of pyridine rings is 1. The van der Waals surface area contributed by atoms with Gasteiger partial charge in [0.15, 0.2) is 6.20 Å². The monoisotopic (exact) mass is 221 g/mol. The molecule has 0 saturated carbocycles. The Bertz CT molecular complexity index is 339. The third-order valence-electron chi connectivity index (χ3n) is 1.28. The number of hydrogen-bond donors (Lipinski definition) is 2. The molecule has 1 rings (SSSR count). The maximum Gasteiger partial charge on any atom is 0.384 e. The van der Waals surface area contributed by atoms with Crippen molar-refractivity contribution >= 4 is 18.2 Å². The molecule has 0 atom stereocenters. The fourth-order valence-electron chi connectivity index (χ4n) is 0.726. The molecule has 13 heavy (non-hydrogen) atoms. The molecule has 5 nitrogen and oxygen atoms in total. The maximum absolute atomic E-state index is 11.0. The van der Waals surface area contributed by atoms with Gasteiger partial charge in [0.25, 0.3) is 0 Å². The lowest BCUT2D eigenvalue weighted by molar-refractivity contribution is -0.612. The maximum atomic E-state index is 11.0. The van der Waals surface area contributed by atoms with Crippen LogP contribution in [-0.2, 0) is 10.3 Å². The van der Waals surface area contributed by atoms with Gasteiger partial charge in [-0.25, -0.2) is 4.57 Å². The second-order valence-electron chi connectivity index (χ2n) is 2.28. The molecular formula is C6H8NO4PS. The third-order valence-corrected chi connectivity index (χ3v) is 3.44. The van der Waals surface area contributed by atoms with E-state index in [4.69, 9.17) is 9.79 Å². The number of nitrogens with zero attached hydrogens (tertiary/aromatic N) is 1. The molecule has 1 heterocycles. The van der Waals surface area contributed by atoms with Gasteiger partial charge in [0, 0.05) is 12.1 Å². The molecule has 0 aliphatic carbocycles. The molecule has 0 fully saturated rings. The van der Waals surface area contributed by atoms with E-state index in [1.807, 2.05) is 0 Å². The highest BCUT2D eigenvalue weighted by molar-refractivity contribution is 8.54. The molecule has 1 aromatic rings. The number of aromatic nitrogens is 1. The summed E-state index contributed by atoms with van der Waals surface area (Å²) >= 11 is 0.447. The summed E-state index contributed by atoms with van der Waals surface area (Å²) in [5.41, 5.74) is 0.329. The van der Waals surface area contributed by atoms with Crippen LogP contribution in [0.15, 0.2) is 24.4 Å². The van der Waals surface area contributed by atoms with Gasteiger partial charge in [-0.3, -0.25) is 0 Å². The van der Waals surface area contributed by atoms with Crippen molar-refractivity contribution in [3.8, 4) is 0 Å². The van der Waals surface area contributed by atoms with Crippen molar-refractivity contribution in [2.24, 2.45) is 0 Å². The SMILES string of the molecule is O=P(O)(O)SCc1cccc[n+]1[O-]. The Morgan fingerprint density at radius 2 is 2.23 bits per heavy atom. The van der Waals surface area contributed by atoms with Crippen molar-refractivity contribution in [3.63, 3.8) is 0 Å². The Morgan fingerprint density at radius 1 is 1.54 bits per heavy atom. The molecule has 72 valence electrons. The van der Waals surface area contributed by atoms with Crippen LogP contribution in [0.2, 0.25) is 0 Å². The Balaban J connectivity index is 2.65. The Morgan fingerprint density at radius 3 is 2.77 bits per heavy atom. The fourth-order valence-corrected chi connectivity index (χ4v) is 2.15. The minimum Gasteiger partial charge on any atom is -0.618 e. The standard InChI is InChI=1S/C6H8NO4PS/c8-7-4-2-1-3-6(7)5-13-12(9,10)11/h1-4H,5H2,(H2,9,10,11). The van der Waals surface area contributed by atoms with E-state index in [1.165, 1.54) is 12.3 Å². The summed E-state index contributed by atoms with van der Waals surface area (Å²) in [6.07, 6.45) is 1.29. The highest BCUT2D eigenvalue weighted by Crippen LogP contribution is 2.51. The van der Waals surface area contributed by atoms with Crippen molar-refractivity contribution in [2.75, 3.05) is 0 Å². The quantitative estimate of drug-likeness (QED) is 0.444. The van der Waals surface area contributed by atoms with E-state index in [1.54, 1.807) is 12.1 Å². The zero-order valence-electron chi connectivity index (χ0n) is 6.53. The smallest absolute Gasteiger partial charge is 0.384 e. The van der Waals surface area contributed by atoms with Gasteiger partial charge in [0.1, 0.15) is 0 Å². The first-order valence-corrected chi connectivity index (χ1v) is 6.56. The van der Waals surface area contributed by atoms with Gasteiger partial charge in [-0.05, 0) is 17.4 Å². The molecule has 1 aromatic heterocycles. The van der Waals surface area contributed by atoms with E-state index in [-0.39, 0.29) is 5.75 Å². The predicted octanol–water partition coefficient (Wildman–Crippen LogP) is 0.646. The van der Waals surface area contributed by atoms with Crippen LogP contribution in [0.1, 0.15) is 5.69 Å². The van der Waals surface area contributed by atoms with E-state index in [0.717, 1.165) is 0 Å². The first kappa shape index (κ1) is 10.5. The van der Waals surface area contributed by atoms with Crippen LogP contribution < -0.4 is 4.73 Å². The zero-order valence-corrected chi connectivity index (χ0v) is 8.24. The summed E-state index contributed by atoms with van der Waals surface area (Å²) in [7, 11) is 0. The average Bonchev–Trinajstić information content (AvgIpc) is 2.01. The molecule has 0 amide bonds. The van der Waals surface area contributed by atoms with Gasteiger partial charge < -0.3 is 15.0 Å². The minimum atomic E-state index is -4.09. The molecule has 0 aromatic carbocycles. The molecule has 0 radical (unpaired) electrons. The molecular weight excluding hydrogens is 213 g/mol. The summed E-state index contributed by atoms with van der Waals surface area (Å²) in [5.74, 6) is 0.00855.